The van der Waals surface area contributed by atoms with Crippen molar-refractivity contribution in [2.24, 2.45) is 0 Å². The first-order valence-corrected chi connectivity index (χ1v) is 23.4. The fourth-order valence-corrected chi connectivity index (χ4v) is 32.4. The van der Waals surface area contributed by atoms with Gasteiger partial charge in [-0.3, -0.25) is 0 Å². The molecule has 0 heterocycles. The molecule has 0 aliphatic rings. The minimum absolute atomic E-state index is 0.336. The smallest absolute Gasteiger partial charge is 0.105 e. The molecule has 0 aliphatic carbocycles. The highest BCUT2D eigenvalue weighted by molar-refractivity contribution is 7.84. The molecule has 0 atom stereocenters. The van der Waals surface area contributed by atoms with Crippen LogP contribution in [0.2, 0.25) is 0 Å². The summed E-state index contributed by atoms with van der Waals surface area (Å²) < 4.78 is 56.0. The molecule has 0 saturated heterocycles. The molecule has 0 rings (SSSR count). The second-order valence-corrected chi connectivity index (χ2v) is 39.5. The zero-order valence-electron chi connectivity index (χ0n) is 32.8. The van der Waals surface area contributed by atoms with E-state index in [2.05, 4.69) is 0 Å². The van der Waals surface area contributed by atoms with E-state index in [9.17, 15) is 18.3 Å². The molecule has 0 fully saturated rings. The SMILES string of the molecule is CC(C)(C)P(=O)(CP(=O)(C(C)(C)C)C(C)(C)C)C(C)(C)C.CC(C)(C)P(=O)(CP(=O)(C(C)(C)C)C(C)(C)C)C(C)(C)C. The summed E-state index contributed by atoms with van der Waals surface area (Å²) in [6, 6.07) is 0. The second kappa shape index (κ2) is 12.5. The molecule has 0 radical (unpaired) electrons. The van der Waals surface area contributed by atoms with Crippen LogP contribution < -0.4 is 0 Å². The lowest BCUT2D eigenvalue weighted by molar-refractivity contribution is 0.506. The summed E-state index contributed by atoms with van der Waals surface area (Å²) >= 11 is 0. The van der Waals surface area contributed by atoms with Crippen LogP contribution >= 0.6 is 28.6 Å². The van der Waals surface area contributed by atoms with Crippen molar-refractivity contribution in [3.63, 3.8) is 0 Å². The lowest BCUT2D eigenvalue weighted by Crippen LogP contribution is -2.36. The van der Waals surface area contributed by atoms with E-state index in [-0.39, 0.29) is 41.2 Å². The Balaban J connectivity index is 0. The van der Waals surface area contributed by atoms with Gasteiger partial charge >= 0.3 is 0 Å². The number of hydrogen-bond donors (Lipinski definition) is 0. The van der Waals surface area contributed by atoms with Gasteiger partial charge < -0.3 is 18.3 Å². The third kappa shape index (κ3) is 9.04. The summed E-state index contributed by atoms with van der Waals surface area (Å²) in [5.74, 6) is 0.722. The van der Waals surface area contributed by atoms with Gasteiger partial charge in [-0.1, -0.05) is 166 Å². The van der Waals surface area contributed by atoms with E-state index in [1.807, 2.05) is 166 Å². The molecule has 4 nitrogen and oxygen atoms in total. The summed E-state index contributed by atoms with van der Waals surface area (Å²) in [6.07, 6.45) is 0. The predicted octanol–water partition coefficient (Wildman–Crippen LogP) is 13.7. The van der Waals surface area contributed by atoms with Crippen LogP contribution in [-0.2, 0) is 18.3 Å². The topological polar surface area (TPSA) is 68.3 Å². The molecule has 0 aliphatic heterocycles. The molecule has 0 saturated carbocycles. The van der Waals surface area contributed by atoms with Crippen molar-refractivity contribution in [3.05, 3.63) is 0 Å². The summed E-state index contributed by atoms with van der Waals surface area (Å²) in [5, 5.41) is -2.69. The van der Waals surface area contributed by atoms with Gasteiger partial charge in [-0.25, -0.2) is 0 Å². The van der Waals surface area contributed by atoms with Gasteiger partial charge in [0.1, 0.15) is 28.6 Å². The van der Waals surface area contributed by atoms with Crippen molar-refractivity contribution in [2.45, 2.75) is 207 Å². The lowest BCUT2D eigenvalue weighted by Gasteiger charge is -2.49. The van der Waals surface area contributed by atoms with Crippen molar-refractivity contribution in [3.8, 4) is 0 Å². The molecule has 0 N–H and O–H groups in total. The van der Waals surface area contributed by atoms with Gasteiger partial charge in [-0.15, -0.1) is 0 Å². The Morgan fingerprint density at radius 1 is 0.238 bits per heavy atom. The van der Waals surface area contributed by atoms with Crippen LogP contribution in [0.1, 0.15) is 166 Å². The standard InChI is InChI=1S/2C17H38O2P2/c2*1-14(2,3)20(18,15(4,5)6)13-21(19,16(7,8)9)17(10,11)12/h2*13H2,1-12H3. The fraction of sp³-hybridized carbons (Fsp3) is 1.00. The number of hydrogen-bond acceptors (Lipinski definition) is 4. The molecule has 0 amide bonds. The van der Waals surface area contributed by atoms with Crippen molar-refractivity contribution in [1.82, 2.24) is 0 Å². The normalized spacial score (nSPS) is 16.2. The Labute approximate surface area is 265 Å². The minimum atomic E-state index is -2.66. The zero-order valence-corrected chi connectivity index (χ0v) is 36.4. The summed E-state index contributed by atoms with van der Waals surface area (Å²) in [4.78, 5) is 0. The van der Waals surface area contributed by atoms with E-state index in [0.29, 0.717) is 11.8 Å². The average molecular weight is 673 g/mol. The Hall–Kier alpha value is 0.920. The molecule has 0 aromatic carbocycles. The molecule has 0 spiro atoms. The van der Waals surface area contributed by atoms with Gasteiger partial charge in [0.15, 0.2) is 0 Å². The Morgan fingerprint density at radius 2 is 0.310 bits per heavy atom. The molecule has 0 bridgehead atoms. The first-order valence-electron chi connectivity index (χ1n) is 15.8. The van der Waals surface area contributed by atoms with E-state index >= 15 is 0 Å². The highest BCUT2D eigenvalue weighted by Crippen LogP contribution is 2.81. The van der Waals surface area contributed by atoms with E-state index in [4.69, 9.17) is 0 Å². The molecule has 256 valence electrons. The van der Waals surface area contributed by atoms with E-state index < -0.39 is 28.6 Å². The van der Waals surface area contributed by atoms with Crippen molar-refractivity contribution in [2.75, 3.05) is 11.8 Å². The van der Waals surface area contributed by atoms with Crippen molar-refractivity contribution < 1.29 is 18.3 Å². The highest BCUT2D eigenvalue weighted by atomic mass is 31.2. The minimum Gasteiger partial charge on any atom is -0.322 e. The van der Waals surface area contributed by atoms with Crippen LogP contribution in [0.15, 0.2) is 0 Å². The van der Waals surface area contributed by atoms with Crippen molar-refractivity contribution >= 4 is 28.6 Å². The van der Waals surface area contributed by atoms with Gasteiger partial charge in [-0.2, -0.15) is 0 Å². The van der Waals surface area contributed by atoms with E-state index in [0.717, 1.165) is 0 Å². The Bertz CT molecular complexity index is 856. The van der Waals surface area contributed by atoms with Crippen LogP contribution in [0.4, 0.5) is 0 Å². The fourth-order valence-electron chi connectivity index (χ4n) is 6.28. The van der Waals surface area contributed by atoms with Crippen molar-refractivity contribution in [1.29, 1.82) is 0 Å². The highest BCUT2D eigenvalue weighted by Gasteiger charge is 2.57. The third-order valence-corrected chi connectivity index (χ3v) is 33.2. The molecular weight excluding hydrogens is 596 g/mol. The quantitative estimate of drug-likeness (QED) is 0.279. The monoisotopic (exact) mass is 672 g/mol. The van der Waals surface area contributed by atoms with Crippen LogP contribution in [0.5, 0.6) is 0 Å². The van der Waals surface area contributed by atoms with E-state index in [1.54, 1.807) is 0 Å². The summed E-state index contributed by atoms with van der Waals surface area (Å²) in [7, 11) is -10.7. The first-order chi connectivity index (χ1) is 17.4. The maximum absolute atomic E-state index is 14.0. The second-order valence-electron chi connectivity index (χ2n) is 20.6. The molecular formula is C34H76O4P4. The van der Waals surface area contributed by atoms with Gasteiger partial charge in [0.2, 0.25) is 0 Å². The van der Waals surface area contributed by atoms with Gasteiger partial charge in [0, 0.05) is 41.2 Å². The largest absolute Gasteiger partial charge is 0.322 e. The molecule has 0 aromatic heterocycles. The summed E-state index contributed by atoms with van der Waals surface area (Å²) in [5.41, 5.74) is 0. The molecule has 0 aromatic rings. The average Bonchev–Trinajstić information content (AvgIpc) is 2.60. The van der Waals surface area contributed by atoms with Crippen LogP contribution in [0.3, 0.4) is 0 Å². The third-order valence-electron chi connectivity index (χ3n) is 9.47. The van der Waals surface area contributed by atoms with Crippen LogP contribution in [0.25, 0.3) is 0 Å². The Kier molecular flexibility index (Phi) is 13.4. The molecule has 42 heavy (non-hydrogen) atoms. The van der Waals surface area contributed by atoms with E-state index in [1.165, 1.54) is 0 Å². The van der Waals surface area contributed by atoms with Crippen LogP contribution in [0, 0.1) is 0 Å². The number of rotatable bonds is 4. The predicted molar refractivity (Wildman–Crippen MR) is 198 cm³/mol. The first kappa shape index (κ1) is 45.0. The maximum atomic E-state index is 14.0. The Morgan fingerprint density at radius 3 is 0.357 bits per heavy atom. The van der Waals surface area contributed by atoms with Gasteiger partial charge in [0.05, 0.1) is 11.8 Å². The summed E-state index contributed by atoms with van der Waals surface area (Å²) in [6.45, 7) is 48.9. The molecule has 0 unspecified atom stereocenters. The van der Waals surface area contributed by atoms with Gasteiger partial charge in [0.25, 0.3) is 0 Å². The van der Waals surface area contributed by atoms with Gasteiger partial charge in [-0.05, 0) is 0 Å². The maximum Gasteiger partial charge on any atom is 0.105 e. The zero-order chi connectivity index (χ0) is 35.4. The van der Waals surface area contributed by atoms with Crippen LogP contribution in [-0.4, -0.2) is 53.1 Å². The lowest BCUT2D eigenvalue weighted by atomic mass is 10.2. The molecule has 8 heteroatoms.